The monoisotopic (exact) mass is 273 g/mol. The Morgan fingerprint density at radius 1 is 1.32 bits per heavy atom. The highest BCUT2D eigenvalue weighted by Gasteiger charge is 2.46. The van der Waals surface area contributed by atoms with E-state index < -0.39 is 11.5 Å². The van der Waals surface area contributed by atoms with Gasteiger partial charge in [-0.2, -0.15) is 11.3 Å². The third kappa shape index (κ3) is 1.87. The Kier molecular flexibility index (Phi) is 2.73. The Morgan fingerprint density at radius 2 is 2.11 bits per heavy atom. The molecule has 96 valence electrons. The van der Waals surface area contributed by atoms with Crippen molar-refractivity contribution in [3.63, 3.8) is 0 Å². The molecule has 4 nitrogen and oxygen atoms in total. The minimum atomic E-state index is -1.77. The minimum absolute atomic E-state index is 0.240. The number of hydrogen-bond acceptors (Lipinski definition) is 4. The lowest BCUT2D eigenvalue weighted by Gasteiger charge is -2.19. The van der Waals surface area contributed by atoms with Crippen LogP contribution in [0.5, 0.6) is 0 Å². The van der Waals surface area contributed by atoms with E-state index in [1.807, 2.05) is 0 Å². The molecule has 0 fully saturated rings. The summed E-state index contributed by atoms with van der Waals surface area (Å²) in [5.74, 6) is -0.784. The van der Waals surface area contributed by atoms with Gasteiger partial charge in [-0.05, 0) is 17.5 Å². The minimum Gasteiger partial charge on any atom is -0.375 e. The Hall–Kier alpha value is -1.98. The standard InChI is InChI=1S/C14H11NO3S/c16-12(9-5-6-19-8-9)7-14(18)10-3-1-2-4-11(10)15-13(14)17/h1-6,8,18H,7H2,(H,15,17). The van der Waals surface area contributed by atoms with Crippen molar-refractivity contribution in [3.05, 3.63) is 52.2 Å². The summed E-state index contributed by atoms with van der Waals surface area (Å²) in [6, 6.07) is 8.56. The van der Waals surface area contributed by atoms with E-state index in [2.05, 4.69) is 5.32 Å². The lowest BCUT2D eigenvalue weighted by molar-refractivity contribution is -0.133. The molecule has 19 heavy (non-hydrogen) atoms. The fourth-order valence-electron chi connectivity index (χ4n) is 2.23. The highest BCUT2D eigenvalue weighted by Crippen LogP contribution is 2.38. The van der Waals surface area contributed by atoms with Crippen LogP contribution in [-0.4, -0.2) is 16.8 Å². The van der Waals surface area contributed by atoms with Crippen LogP contribution < -0.4 is 5.32 Å². The third-order valence-corrected chi connectivity index (χ3v) is 3.94. The molecule has 1 atom stereocenters. The molecular formula is C14H11NO3S. The normalized spacial score (nSPS) is 21.0. The van der Waals surface area contributed by atoms with E-state index in [9.17, 15) is 14.7 Å². The van der Waals surface area contributed by atoms with E-state index in [-0.39, 0.29) is 12.2 Å². The molecule has 2 heterocycles. The maximum absolute atomic E-state index is 12.1. The van der Waals surface area contributed by atoms with E-state index in [4.69, 9.17) is 0 Å². The maximum Gasteiger partial charge on any atom is 0.261 e. The number of aliphatic hydroxyl groups is 1. The van der Waals surface area contributed by atoms with Gasteiger partial charge in [0.15, 0.2) is 11.4 Å². The van der Waals surface area contributed by atoms with Gasteiger partial charge in [0.05, 0.1) is 6.42 Å². The Morgan fingerprint density at radius 3 is 2.84 bits per heavy atom. The summed E-state index contributed by atoms with van der Waals surface area (Å²) in [6.45, 7) is 0. The van der Waals surface area contributed by atoms with Gasteiger partial charge in [0.1, 0.15) is 0 Å². The summed E-state index contributed by atoms with van der Waals surface area (Å²) in [4.78, 5) is 24.0. The molecule has 1 aliphatic rings. The molecule has 0 saturated carbocycles. The summed E-state index contributed by atoms with van der Waals surface area (Å²) >= 11 is 1.41. The average molecular weight is 273 g/mol. The third-order valence-electron chi connectivity index (χ3n) is 3.26. The van der Waals surface area contributed by atoms with Gasteiger partial charge >= 0.3 is 0 Å². The Bertz CT molecular complexity index is 650. The zero-order valence-corrected chi connectivity index (χ0v) is 10.7. The van der Waals surface area contributed by atoms with Crippen molar-refractivity contribution in [2.75, 3.05) is 5.32 Å². The molecule has 3 rings (SSSR count). The van der Waals surface area contributed by atoms with Crippen LogP contribution in [0.1, 0.15) is 22.3 Å². The van der Waals surface area contributed by atoms with Crippen molar-refractivity contribution in [1.29, 1.82) is 0 Å². The molecule has 0 spiro atoms. The predicted molar refractivity (Wildman–Crippen MR) is 72.2 cm³/mol. The van der Waals surface area contributed by atoms with E-state index >= 15 is 0 Å². The molecule has 2 aromatic rings. The fraction of sp³-hybridized carbons (Fsp3) is 0.143. The lowest BCUT2D eigenvalue weighted by atomic mass is 9.89. The first-order valence-electron chi connectivity index (χ1n) is 5.80. The van der Waals surface area contributed by atoms with Gasteiger partial charge in [-0.25, -0.2) is 0 Å². The maximum atomic E-state index is 12.1. The number of hydrogen-bond donors (Lipinski definition) is 2. The first-order valence-corrected chi connectivity index (χ1v) is 6.74. The molecule has 0 bridgehead atoms. The number of nitrogens with one attached hydrogen (secondary N) is 1. The van der Waals surface area contributed by atoms with Crippen molar-refractivity contribution in [2.45, 2.75) is 12.0 Å². The molecule has 1 unspecified atom stereocenters. The lowest BCUT2D eigenvalue weighted by Crippen LogP contribution is -2.36. The first-order chi connectivity index (χ1) is 9.11. The summed E-state index contributed by atoms with van der Waals surface area (Å²) in [7, 11) is 0. The number of carbonyl (C=O) groups excluding carboxylic acids is 2. The number of benzene rings is 1. The second kappa shape index (κ2) is 4.29. The number of thiophene rings is 1. The largest absolute Gasteiger partial charge is 0.375 e. The molecule has 1 aromatic heterocycles. The first kappa shape index (κ1) is 12.1. The SMILES string of the molecule is O=C(CC1(O)C(=O)Nc2ccccc21)c1ccsc1. The number of Topliss-reactive ketones (excluding diaryl/α,β-unsaturated/α-hetero) is 1. The van der Waals surface area contributed by atoms with Crippen LogP contribution in [0.3, 0.4) is 0 Å². The van der Waals surface area contributed by atoms with E-state index in [1.165, 1.54) is 11.3 Å². The molecular weight excluding hydrogens is 262 g/mol. The van der Waals surface area contributed by atoms with E-state index in [0.717, 1.165) is 0 Å². The second-order valence-electron chi connectivity index (χ2n) is 4.47. The van der Waals surface area contributed by atoms with Crippen LogP contribution in [0.2, 0.25) is 0 Å². The molecule has 2 N–H and O–H groups in total. The van der Waals surface area contributed by atoms with Gasteiger partial charge in [-0.15, -0.1) is 0 Å². The van der Waals surface area contributed by atoms with E-state index in [1.54, 1.807) is 41.1 Å². The van der Waals surface area contributed by atoms with Crippen LogP contribution in [-0.2, 0) is 10.4 Å². The fourth-order valence-corrected chi connectivity index (χ4v) is 2.89. The molecule has 0 radical (unpaired) electrons. The van der Waals surface area contributed by atoms with Crippen molar-refractivity contribution in [2.24, 2.45) is 0 Å². The number of para-hydroxylation sites is 1. The average Bonchev–Trinajstić information content (AvgIpc) is 2.99. The van der Waals surface area contributed by atoms with Crippen LogP contribution in [0.4, 0.5) is 5.69 Å². The number of rotatable bonds is 3. The number of carbonyl (C=O) groups is 2. The van der Waals surface area contributed by atoms with Crippen molar-refractivity contribution < 1.29 is 14.7 Å². The molecule has 1 amide bonds. The summed E-state index contributed by atoms with van der Waals surface area (Å²) in [5, 5.41) is 16.7. The quantitative estimate of drug-likeness (QED) is 0.842. The van der Waals surface area contributed by atoms with Gasteiger partial charge in [0, 0.05) is 22.2 Å². The van der Waals surface area contributed by atoms with Crippen LogP contribution >= 0.6 is 11.3 Å². The summed E-state index contributed by atoms with van der Waals surface area (Å²) in [5.41, 5.74) is -0.220. The molecule has 5 heteroatoms. The van der Waals surface area contributed by atoms with Crippen molar-refractivity contribution in [1.82, 2.24) is 0 Å². The summed E-state index contributed by atoms with van der Waals surface area (Å²) in [6.07, 6.45) is -0.243. The second-order valence-corrected chi connectivity index (χ2v) is 5.25. The van der Waals surface area contributed by atoms with Crippen molar-refractivity contribution >= 4 is 28.7 Å². The highest BCUT2D eigenvalue weighted by atomic mass is 32.1. The molecule has 0 saturated heterocycles. The van der Waals surface area contributed by atoms with Gasteiger partial charge in [-0.1, -0.05) is 18.2 Å². The number of anilines is 1. The van der Waals surface area contributed by atoms with Gasteiger partial charge in [0.25, 0.3) is 5.91 Å². The van der Waals surface area contributed by atoms with Gasteiger partial charge in [-0.3, -0.25) is 9.59 Å². The molecule has 1 aromatic carbocycles. The summed E-state index contributed by atoms with van der Waals surface area (Å²) < 4.78 is 0. The van der Waals surface area contributed by atoms with Crippen molar-refractivity contribution in [3.8, 4) is 0 Å². The Labute approximate surface area is 113 Å². The number of fused-ring (bicyclic) bond motifs is 1. The topological polar surface area (TPSA) is 66.4 Å². The Balaban J connectivity index is 1.95. The number of amides is 1. The highest BCUT2D eigenvalue weighted by molar-refractivity contribution is 7.08. The van der Waals surface area contributed by atoms with Crippen LogP contribution in [0.15, 0.2) is 41.1 Å². The van der Waals surface area contributed by atoms with Crippen LogP contribution in [0.25, 0.3) is 0 Å². The van der Waals surface area contributed by atoms with Gasteiger partial charge < -0.3 is 10.4 Å². The number of ketones is 1. The van der Waals surface area contributed by atoms with E-state index in [0.29, 0.717) is 16.8 Å². The van der Waals surface area contributed by atoms with Gasteiger partial charge in [0.2, 0.25) is 0 Å². The zero-order chi connectivity index (χ0) is 13.5. The molecule has 1 aliphatic heterocycles. The smallest absolute Gasteiger partial charge is 0.261 e. The zero-order valence-electron chi connectivity index (χ0n) is 9.92. The van der Waals surface area contributed by atoms with Crippen LogP contribution in [0, 0.1) is 0 Å². The molecule has 0 aliphatic carbocycles. The predicted octanol–water partition coefficient (Wildman–Crippen LogP) is 2.16.